The van der Waals surface area contributed by atoms with Crippen LogP contribution in [0.15, 0.2) is 72.8 Å². The van der Waals surface area contributed by atoms with Crippen molar-refractivity contribution in [3.05, 3.63) is 84.2 Å². The summed E-state index contributed by atoms with van der Waals surface area (Å²) in [7, 11) is 1.34. The zero-order valence-corrected chi connectivity index (χ0v) is 19.6. The lowest BCUT2D eigenvalue weighted by molar-refractivity contribution is -0.112. The summed E-state index contributed by atoms with van der Waals surface area (Å²) in [4.78, 5) is 25.2. The summed E-state index contributed by atoms with van der Waals surface area (Å²) < 4.78 is 35.7. The number of nitrogens with two attached hydrogens (primary N) is 1. The van der Waals surface area contributed by atoms with Crippen molar-refractivity contribution in [2.24, 2.45) is 0 Å². The standard InChI is InChI=1S/C26H24FN3O7/c1-34-22(10-11-24(32)30-19-5-3-2-4-18(19)28)25(15-6-8-20(31)17(27)12-15)37-26(33)29-16-7-9-21-23(13-16)36-14-35-21/h2-13,22,25,31H,14,28H2,1H3,(H,29,33)(H,30,32)/b11-10+/t22-,25-/m1/s1. The Labute approximate surface area is 211 Å². The number of nitrogens with one attached hydrogen (secondary N) is 2. The summed E-state index contributed by atoms with van der Waals surface area (Å²) in [5.74, 6) is -1.01. The number of amides is 2. The van der Waals surface area contributed by atoms with Gasteiger partial charge in [0.15, 0.2) is 29.2 Å². The number of anilines is 3. The number of benzene rings is 3. The molecule has 5 N–H and O–H groups in total. The highest BCUT2D eigenvalue weighted by Crippen LogP contribution is 2.35. The second kappa shape index (κ2) is 11.3. The predicted octanol–water partition coefficient (Wildman–Crippen LogP) is 4.34. The topological polar surface area (TPSA) is 141 Å². The number of ether oxygens (including phenoxy) is 4. The molecule has 10 nitrogen and oxygen atoms in total. The van der Waals surface area contributed by atoms with Crippen molar-refractivity contribution in [2.45, 2.75) is 12.2 Å². The van der Waals surface area contributed by atoms with Gasteiger partial charge < -0.3 is 35.1 Å². The van der Waals surface area contributed by atoms with Gasteiger partial charge in [-0.1, -0.05) is 18.2 Å². The van der Waals surface area contributed by atoms with E-state index in [0.29, 0.717) is 28.6 Å². The van der Waals surface area contributed by atoms with Crippen LogP contribution in [0.25, 0.3) is 0 Å². The van der Waals surface area contributed by atoms with Crippen molar-refractivity contribution in [3.8, 4) is 17.2 Å². The van der Waals surface area contributed by atoms with Gasteiger partial charge in [0.25, 0.3) is 0 Å². The molecule has 192 valence electrons. The van der Waals surface area contributed by atoms with Crippen LogP contribution in [0, 0.1) is 5.82 Å². The number of carbonyl (C=O) groups is 2. The fraction of sp³-hybridized carbons (Fsp3) is 0.154. The summed E-state index contributed by atoms with van der Waals surface area (Å²) in [6.07, 6.45) is -0.541. The van der Waals surface area contributed by atoms with Crippen molar-refractivity contribution in [1.29, 1.82) is 0 Å². The first-order chi connectivity index (χ1) is 17.8. The molecular weight excluding hydrogens is 485 g/mol. The Kier molecular flexibility index (Phi) is 7.74. The van der Waals surface area contributed by atoms with Gasteiger partial charge >= 0.3 is 6.09 Å². The van der Waals surface area contributed by atoms with Crippen molar-refractivity contribution in [2.75, 3.05) is 30.3 Å². The minimum Gasteiger partial charge on any atom is -0.505 e. The summed E-state index contributed by atoms with van der Waals surface area (Å²) >= 11 is 0. The van der Waals surface area contributed by atoms with E-state index < -0.39 is 35.8 Å². The first-order valence-electron chi connectivity index (χ1n) is 11.1. The molecular formula is C26H24FN3O7. The number of nitrogen functional groups attached to an aromatic ring is 1. The highest BCUT2D eigenvalue weighted by Gasteiger charge is 2.27. The van der Waals surface area contributed by atoms with Crippen LogP contribution in [-0.2, 0) is 14.3 Å². The summed E-state index contributed by atoms with van der Waals surface area (Å²) in [5.41, 5.74) is 7.20. The van der Waals surface area contributed by atoms with Crippen molar-refractivity contribution in [1.82, 2.24) is 0 Å². The van der Waals surface area contributed by atoms with Gasteiger partial charge in [-0.3, -0.25) is 10.1 Å². The fourth-order valence-corrected chi connectivity index (χ4v) is 3.53. The van der Waals surface area contributed by atoms with Gasteiger partial charge in [-0.15, -0.1) is 0 Å². The third-order valence-corrected chi connectivity index (χ3v) is 5.38. The maximum Gasteiger partial charge on any atom is 0.412 e. The quantitative estimate of drug-likeness (QED) is 0.260. The average molecular weight is 509 g/mol. The smallest absolute Gasteiger partial charge is 0.412 e. The number of fused-ring (bicyclic) bond motifs is 1. The van der Waals surface area contributed by atoms with Gasteiger partial charge in [-0.25, -0.2) is 9.18 Å². The van der Waals surface area contributed by atoms with E-state index in [-0.39, 0.29) is 12.4 Å². The van der Waals surface area contributed by atoms with Gasteiger partial charge in [0.1, 0.15) is 6.10 Å². The first-order valence-corrected chi connectivity index (χ1v) is 11.1. The number of halogens is 1. The Balaban J connectivity index is 1.53. The molecule has 3 aromatic carbocycles. The third-order valence-electron chi connectivity index (χ3n) is 5.38. The van der Waals surface area contributed by atoms with Crippen LogP contribution in [0.2, 0.25) is 0 Å². The van der Waals surface area contributed by atoms with E-state index >= 15 is 0 Å². The van der Waals surface area contributed by atoms with Crippen LogP contribution in [0.1, 0.15) is 11.7 Å². The lowest BCUT2D eigenvalue weighted by atomic mass is 10.0. The molecule has 0 unspecified atom stereocenters. The number of carbonyl (C=O) groups excluding carboxylic acids is 2. The highest BCUT2D eigenvalue weighted by molar-refractivity contribution is 6.01. The zero-order chi connectivity index (χ0) is 26.4. The minimum atomic E-state index is -1.19. The molecule has 2 atom stereocenters. The first kappa shape index (κ1) is 25.3. The number of hydrogen-bond donors (Lipinski definition) is 4. The van der Waals surface area contributed by atoms with Gasteiger partial charge in [0.2, 0.25) is 12.7 Å². The molecule has 1 heterocycles. The molecule has 1 aliphatic heterocycles. The number of para-hydroxylation sites is 2. The molecule has 0 spiro atoms. The van der Waals surface area contributed by atoms with Crippen LogP contribution in [0.4, 0.5) is 26.2 Å². The summed E-state index contributed by atoms with van der Waals surface area (Å²) in [6, 6.07) is 15.0. The maximum absolute atomic E-state index is 14.1. The van der Waals surface area contributed by atoms with Crippen LogP contribution in [0.5, 0.6) is 17.2 Å². The Morgan fingerprint density at radius 2 is 1.86 bits per heavy atom. The van der Waals surface area contributed by atoms with E-state index in [1.165, 1.54) is 25.3 Å². The zero-order valence-electron chi connectivity index (χ0n) is 19.6. The normalized spacial score (nSPS) is 13.7. The highest BCUT2D eigenvalue weighted by atomic mass is 19.1. The van der Waals surface area contributed by atoms with Gasteiger partial charge in [0.05, 0.1) is 11.4 Å². The van der Waals surface area contributed by atoms with E-state index in [2.05, 4.69) is 10.6 Å². The molecule has 11 heteroatoms. The van der Waals surface area contributed by atoms with Crippen LogP contribution < -0.4 is 25.8 Å². The number of rotatable bonds is 8. The summed E-state index contributed by atoms with van der Waals surface area (Å²) in [5, 5.41) is 14.8. The number of phenolic OH excluding ortho intramolecular Hbond substituents is 1. The van der Waals surface area contributed by atoms with E-state index in [0.717, 1.165) is 12.1 Å². The molecule has 37 heavy (non-hydrogen) atoms. The van der Waals surface area contributed by atoms with Crippen molar-refractivity contribution >= 4 is 29.1 Å². The van der Waals surface area contributed by atoms with E-state index in [1.54, 1.807) is 42.5 Å². The predicted molar refractivity (Wildman–Crippen MR) is 133 cm³/mol. The summed E-state index contributed by atoms with van der Waals surface area (Å²) in [6.45, 7) is 0.0734. The molecule has 3 aromatic rings. The van der Waals surface area contributed by atoms with E-state index in [9.17, 15) is 19.1 Å². The second-order valence-corrected chi connectivity index (χ2v) is 7.87. The van der Waals surface area contributed by atoms with Gasteiger partial charge in [0, 0.05) is 24.9 Å². The number of phenols is 1. The molecule has 0 radical (unpaired) electrons. The second-order valence-electron chi connectivity index (χ2n) is 7.87. The molecule has 0 saturated heterocycles. The largest absolute Gasteiger partial charge is 0.505 e. The van der Waals surface area contributed by atoms with Gasteiger partial charge in [-0.2, -0.15) is 0 Å². The number of aromatic hydroxyl groups is 1. The maximum atomic E-state index is 14.1. The van der Waals surface area contributed by atoms with Crippen molar-refractivity contribution in [3.63, 3.8) is 0 Å². The lowest BCUT2D eigenvalue weighted by Crippen LogP contribution is -2.27. The Hall–Kier alpha value is -4.77. The van der Waals surface area contributed by atoms with Crippen LogP contribution in [0.3, 0.4) is 0 Å². The lowest BCUT2D eigenvalue weighted by Gasteiger charge is -2.24. The Bertz CT molecular complexity index is 1330. The Morgan fingerprint density at radius 3 is 2.62 bits per heavy atom. The number of hydrogen-bond acceptors (Lipinski definition) is 8. The molecule has 0 aromatic heterocycles. The number of methoxy groups -OCH3 is 1. The molecule has 4 rings (SSSR count). The minimum absolute atomic E-state index is 0.0734. The molecule has 1 aliphatic rings. The van der Waals surface area contributed by atoms with Crippen LogP contribution in [-0.4, -0.2) is 37.1 Å². The van der Waals surface area contributed by atoms with E-state index in [1.807, 2.05) is 0 Å². The molecule has 0 fully saturated rings. The molecule has 0 aliphatic carbocycles. The average Bonchev–Trinajstić information content (AvgIpc) is 3.35. The molecule has 2 amide bonds. The fourth-order valence-electron chi connectivity index (χ4n) is 3.53. The monoisotopic (exact) mass is 509 g/mol. The van der Waals surface area contributed by atoms with Gasteiger partial charge in [-0.05, 0) is 48.0 Å². The molecule has 0 bridgehead atoms. The van der Waals surface area contributed by atoms with Crippen LogP contribution >= 0.6 is 0 Å². The SMILES string of the molecule is CO[C@H](/C=C/C(=O)Nc1ccccc1N)[C@H](OC(=O)Nc1ccc2c(c1)OCO2)c1ccc(O)c(F)c1. The third kappa shape index (κ3) is 6.27. The van der Waals surface area contributed by atoms with E-state index in [4.69, 9.17) is 24.7 Å². The Morgan fingerprint density at radius 1 is 1.08 bits per heavy atom. The van der Waals surface area contributed by atoms with Crippen molar-refractivity contribution < 1.29 is 38.0 Å². The molecule has 0 saturated carbocycles.